The van der Waals surface area contributed by atoms with Crippen LogP contribution >= 0.6 is 11.6 Å². The molecular weight excluding hydrogens is 403 g/mol. The molecule has 0 aliphatic heterocycles. The molecule has 0 radical (unpaired) electrons. The first-order valence-corrected chi connectivity index (χ1v) is 6.90. The van der Waals surface area contributed by atoms with Gasteiger partial charge in [0, 0.05) is 12.1 Å². The Morgan fingerprint density at radius 1 is 0.963 bits per heavy atom. The van der Waals surface area contributed by atoms with E-state index in [0.29, 0.717) is 12.3 Å². The van der Waals surface area contributed by atoms with Gasteiger partial charge < -0.3 is 5.32 Å². The van der Waals surface area contributed by atoms with Gasteiger partial charge in [0.25, 0.3) is 17.1 Å². The van der Waals surface area contributed by atoms with E-state index >= 15 is 0 Å². The smallest absolute Gasteiger partial charge is 0.333 e. The van der Waals surface area contributed by atoms with Crippen molar-refractivity contribution in [1.82, 2.24) is 4.98 Å². The zero-order valence-corrected chi connectivity index (χ0v) is 13.3. The molecule has 1 aromatic carbocycles. The minimum atomic E-state index is -5.20. The van der Waals surface area contributed by atoms with Crippen LogP contribution in [-0.4, -0.2) is 19.8 Å². The molecule has 0 aliphatic rings. The number of anilines is 2. The van der Waals surface area contributed by atoms with Gasteiger partial charge in [0.05, 0.1) is 31.4 Å². The van der Waals surface area contributed by atoms with Crippen LogP contribution in [0, 0.1) is 30.3 Å². The maximum atomic E-state index is 13.3. The average Bonchev–Trinajstić information content (AvgIpc) is 2.54. The third-order valence-corrected chi connectivity index (χ3v) is 3.38. The van der Waals surface area contributed by atoms with E-state index in [1.165, 1.54) is 0 Å². The highest BCUT2D eigenvalue weighted by Crippen LogP contribution is 2.44. The fraction of sp³-hybridized carbons (Fsp3) is 0.0833. The Morgan fingerprint density at radius 3 is 2.00 bits per heavy atom. The first-order chi connectivity index (χ1) is 12.4. The van der Waals surface area contributed by atoms with Crippen molar-refractivity contribution in [3.05, 3.63) is 65.3 Å². The highest BCUT2D eigenvalue weighted by Gasteiger charge is 2.40. The summed E-state index contributed by atoms with van der Waals surface area (Å²) in [7, 11) is 0. The number of aromatic nitrogens is 1. The molecule has 1 aromatic heterocycles. The molecule has 15 heteroatoms. The number of halogens is 4. The van der Waals surface area contributed by atoms with Crippen LogP contribution in [0.5, 0.6) is 0 Å². The third kappa shape index (κ3) is 4.17. The minimum absolute atomic E-state index is 0.106. The van der Waals surface area contributed by atoms with Gasteiger partial charge in [-0.1, -0.05) is 11.6 Å². The molecule has 0 saturated heterocycles. The van der Waals surface area contributed by atoms with E-state index in [1.807, 2.05) is 5.32 Å². The first-order valence-electron chi connectivity index (χ1n) is 6.52. The van der Waals surface area contributed by atoms with Crippen LogP contribution in [0.4, 0.5) is 41.7 Å². The normalized spacial score (nSPS) is 11.1. The van der Waals surface area contributed by atoms with E-state index in [9.17, 15) is 43.5 Å². The summed E-state index contributed by atoms with van der Waals surface area (Å²) in [4.78, 5) is 32.7. The highest BCUT2D eigenvalue weighted by molar-refractivity contribution is 6.33. The van der Waals surface area contributed by atoms with Crippen molar-refractivity contribution in [3.63, 3.8) is 0 Å². The predicted molar refractivity (Wildman–Crippen MR) is 83.9 cm³/mol. The number of benzene rings is 1. The van der Waals surface area contributed by atoms with Gasteiger partial charge >= 0.3 is 6.18 Å². The summed E-state index contributed by atoms with van der Waals surface area (Å²) in [5, 5.41) is 34.0. The van der Waals surface area contributed by atoms with Crippen LogP contribution in [0.2, 0.25) is 5.02 Å². The lowest BCUT2D eigenvalue weighted by Gasteiger charge is -2.14. The molecular formula is C12H5ClF3N5O6. The Bertz CT molecular complexity index is 967. The van der Waals surface area contributed by atoms with E-state index in [0.717, 1.165) is 6.07 Å². The van der Waals surface area contributed by atoms with Gasteiger partial charge in [-0.05, 0) is 0 Å². The number of nitro groups is 3. The fourth-order valence-electron chi connectivity index (χ4n) is 1.95. The monoisotopic (exact) mass is 407 g/mol. The molecule has 11 nitrogen and oxygen atoms in total. The maximum absolute atomic E-state index is 13.3. The lowest BCUT2D eigenvalue weighted by molar-refractivity contribution is -0.394. The number of hydrogen-bond acceptors (Lipinski definition) is 8. The Kier molecular flexibility index (Phi) is 5.12. The molecule has 0 aliphatic carbocycles. The average molecular weight is 408 g/mol. The zero-order chi connectivity index (χ0) is 20.5. The summed E-state index contributed by atoms with van der Waals surface area (Å²) in [6.45, 7) is 0. The summed E-state index contributed by atoms with van der Waals surface area (Å²) in [6, 6.07) is 1.20. The molecule has 2 rings (SSSR count). The molecule has 27 heavy (non-hydrogen) atoms. The third-order valence-electron chi connectivity index (χ3n) is 3.10. The molecule has 0 unspecified atom stereocenters. The molecule has 0 amide bonds. The van der Waals surface area contributed by atoms with Gasteiger partial charge in [-0.2, -0.15) is 13.2 Å². The Morgan fingerprint density at radius 2 is 1.56 bits per heavy atom. The minimum Gasteiger partial charge on any atom is -0.333 e. The molecule has 1 N–H and O–H groups in total. The number of pyridine rings is 1. The Balaban J connectivity index is 2.69. The first kappa shape index (κ1) is 19.8. The standard InChI is InChI=1S/C12H5ClF3N5O6/c13-8-2-6(20(24)25)4-17-11(8)18-10-7(12(14,15)16)1-5(19(22)23)3-9(10)21(26)27/h1-4H,(H,17,18). The molecule has 2 aromatic rings. The van der Waals surface area contributed by atoms with Crippen molar-refractivity contribution >= 4 is 40.2 Å². The predicted octanol–water partition coefficient (Wildman–Crippen LogP) is 4.22. The second-order valence-electron chi connectivity index (χ2n) is 4.81. The summed E-state index contributed by atoms with van der Waals surface area (Å²) in [5.74, 6) is -0.551. The maximum Gasteiger partial charge on any atom is 0.418 e. The van der Waals surface area contributed by atoms with Crippen molar-refractivity contribution in [2.75, 3.05) is 5.32 Å². The fourth-order valence-corrected chi connectivity index (χ4v) is 2.16. The van der Waals surface area contributed by atoms with Crippen molar-refractivity contribution in [3.8, 4) is 0 Å². The second-order valence-corrected chi connectivity index (χ2v) is 5.21. The molecule has 0 atom stereocenters. The van der Waals surface area contributed by atoms with Crippen LogP contribution in [0.1, 0.15) is 5.56 Å². The lowest BCUT2D eigenvalue weighted by Crippen LogP contribution is -2.12. The highest BCUT2D eigenvalue weighted by atomic mass is 35.5. The van der Waals surface area contributed by atoms with Gasteiger partial charge in [-0.25, -0.2) is 4.98 Å². The number of nitro benzene ring substituents is 2. The van der Waals surface area contributed by atoms with E-state index in [4.69, 9.17) is 11.6 Å². The summed E-state index contributed by atoms with van der Waals surface area (Å²) in [5.41, 5.74) is -5.84. The van der Waals surface area contributed by atoms with Gasteiger partial charge in [0.2, 0.25) is 0 Å². The zero-order valence-electron chi connectivity index (χ0n) is 12.6. The van der Waals surface area contributed by atoms with Gasteiger partial charge in [0.1, 0.15) is 17.7 Å². The van der Waals surface area contributed by atoms with Crippen LogP contribution in [0.15, 0.2) is 24.4 Å². The Hall–Kier alpha value is -3.55. The summed E-state index contributed by atoms with van der Waals surface area (Å²) in [6.07, 6.45) is -4.54. The molecule has 1 heterocycles. The van der Waals surface area contributed by atoms with Gasteiger partial charge in [0.15, 0.2) is 0 Å². The van der Waals surface area contributed by atoms with Crippen LogP contribution in [-0.2, 0) is 6.18 Å². The number of nitrogens with one attached hydrogen (secondary N) is 1. The van der Waals surface area contributed by atoms with Gasteiger partial charge in [-0.15, -0.1) is 0 Å². The van der Waals surface area contributed by atoms with Crippen molar-refractivity contribution in [2.45, 2.75) is 6.18 Å². The summed E-state index contributed by atoms with van der Waals surface area (Å²) >= 11 is 5.71. The largest absolute Gasteiger partial charge is 0.418 e. The van der Waals surface area contributed by atoms with E-state index in [1.54, 1.807) is 0 Å². The van der Waals surface area contributed by atoms with Crippen molar-refractivity contribution in [1.29, 1.82) is 0 Å². The summed E-state index contributed by atoms with van der Waals surface area (Å²) < 4.78 is 39.8. The number of rotatable bonds is 5. The molecule has 0 saturated carbocycles. The second kappa shape index (κ2) is 6.99. The number of nitrogens with zero attached hydrogens (tertiary/aromatic N) is 4. The number of non-ortho nitro benzene ring substituents is 1. The van der Waals surface area contributed by atoms with Crippen molar-refractivity contribution in [2.24, 2.45) is 0 Å². The quantitative estimate of drug-likeness (QED) is 0.570. The Labute approximate surface area is 150 Å². The SMILES string of the molecule is O=[N+]([O-])c1cnc(Nc2c([N+](=O)[O-])cc([N+](=O)[O-])cc2C(F)(F)F)c(Cl)c1. The van der Waals surface area contributed by atoms with Crippen molar-refractivity contribution < 1.29 is 27.9 Å². The number of alkyl halides is 3. The van der Waals surface area contributed by atoms with E-state index in [2.05, 4.69) is 4.98 Å². The topological polar surface area (TPSA) is 154 Å². The lowest BCUT2D eigenvalue weighted by atomic mass is 10.1. The molecule has 0 fully saturated rings. The van der Waals surface area contributed by atoms with Crippen LogP contribution in [0.3, 0.4) is 0 Å². The molecule has 142 valence electrons. The molecule has 0 spiro atoms. The van der Waals surface area contributed by atoms with E-state index < -0.39 is 60.1 Å². The van der Waals surface area contributed by atoms with Gasteiger partial charge in [-0.3, -0.25) is 30.3 Å². The van der Waals surface area contributed by atoms with Crippen LogP contribution in [0.25, 0.3) is 0 Å². The van der Waals surface area contributed by atoms with Crippen LogP contribution < -0.4 is 5.32 Å². The molecule has 0 bridgehead atoms. The number of hydrogen-bond donors (Lipinski definition) is 1. The van der Waals surface area contributed by atoms with E-state index in [-0.39, 0.29) is 6.07 Å².